The van der Waals surface area contributed by atoms with E-state index in [-0.39, 0.29) is 24.7 Å². The molecule has 56 heavy (non-hydrogen) atoms. The standard InChI is InChI=1S/C42H52N5O7PSi/c1-29-36-39(45-27-44-29)47(28-46-36)40-38(53-55(7)51-25-13-24-43)37(54-56(8,9)41(2,3)4)35(52-40)26-50-42(30-14-11-10-12-15-30,31-16-20-33(48-5)21-17-31)32-18-22-34(49-6)23-19-32/h10-12,14-23,27-28,35,37-38,40H,13,25-26H2,1-9H3/t35-,37-,38-,40-,55?/m1/s1. The van der Waals surface area contributed by atoms with Crippen LogP contribution in [0.15, 0.2) is 91.5 Å². The summed E-state index contributed by atoms with van der Waals surface area (Å²) in [7, 11) is -0.609. The van der Waals surface area contributed by atoms with E-state index in [0.29, 0.717) is 11.2 Å². The van der Waals surface area contributed by atoms with E-state index in [0.717, 1.165) is 33.9 Å². The Morgan fingerprint density at radius 1 is 0.857 bits per heavy atom. The number of methoxy groups -OCH3 is 2. The Bertz CT molecular complexity index is 2040. The smallest absolute Gasteiger partial charge is 0.192 e. The lowest BCUT2D eigenvalue weighted by atomic mass is 9.80. The topological polar surface area (TPSA) is 132 Å². The summed E-state index contributed by atoms with van der Waals surface area (Å²) in [5.74, 6) is 1.46. The van der Waals surface area contributed by atoms with Gasteiger partial charge >= 0.3 is 0 Å². The summed E-state index contributed by atoms with van der Waals surface area (Å²) >= 11 is 0. The Balaban J connectivity index is 1.49. The highest BCUT2D eigenvalue weighted by molar-refractivity contribution is 7.46. The number of fused-ring (bicyclic) bond motifs is 1. The molecule has 5 aromatic rings. The number of aromatic nitrogens is 4. The van der Waals surface area contributed by atoms with E-state index in [1.165, 1.54) is 6.33 Å². The molecule has 3 aromatic carbocycles. The zero-order valence-corrected chi connectivity index (χ0v) is 35.5. The van der Waals surface area contributed by atoms with Crippen molar-refractivity contribution in [2.24, 2.45) is 0 Å². The first kappa shape index (κ1) is 41.4. The third-order valence-electron chi connectivity index (χ3n) is 10.7. The van der Waals surface area contributed by atoms with Gasteiger partial charge in [-0.15, -0.1) is 0 Å². The zero-order chi connectivity index (χ0) is 40.1. The molecule has 0 spiro atoms. The molecule has 0 amide bonds. The van der Waals surface area contributed by atoms with Gasteiger partial charge in [-0.3, -0.25) is 4.57 Å². The number of hydrogen-bond donors (Lipinski definition) is 0. The molecule has 1 saturated heterocycles. The maximum absolute atomic E-state index is 9.21. The Kier molecular flexibility index (Phi) is 12.9. The third-order valence-corrected chi connectivity index (χ3v) is 16.3. The Morgan fingerprint density at radius 2 is 1.46 bits per heavy atom. The first-order valence-corrected chi connectivity index (χ1v) is 23.2. The quantitative estimate of drug-likeness (QED) is 0.0411. The summed E-state index contributed by atoms with van der Waals surface area (Å²) in [6, 6.07) is 28.2. The maximum Gasteiger partial charge on any atom is 0.192 e. The summed E-state index contributed by atoms with van der Waals surface area (Å²) in [5.41, 5.74) is 3.66. The van der Waals surface area contributed by atoms with Crippen molar-refractivity contribution in [2.45, 2.75) is 82.4 Å². The molecule has 0 bridgehead atoms. The van der Waals surface area contributed by atoms with Crippen molar-refractivity contribution in [1.29, 1.82) is 5.26 Å². The van der Waals surface area contributed by atoms with Gasteiger partial charge < -0.3 is 32.4 Å². The van der Waals surface area contributed by atoms with Crippen LogP contribution in [0.5, 0.6) is 11.5 Å². The molecular weight excluding hydrogens is 746 g/mol. The van der Waals surface area contributed by atoms with Crippen molar-refractivity contribution < 1.29 is 32.4 Å². The van der Waals surface area contributed by atoms with Gasteiger partial charge in [-0.1, -0.05) is 75.4 Å². The SMILES string of the molecule is COc1ccc(C(OC[C@H]2O[C@@H](n3cnc4c(C)ncnc43)[C@H](OP(C)OCCC#N)[C@@H]2O[Si](C)(C)C(C)(C)C)(c2ccccc2)c2ccc(OC)cc2)cc1. The number of nitrogens with zero attached hydrogens (tertiary/aromatic N) is 5. The Hall–Kier alpha value is -4.25. The highest BCUT2D eigenvalue weighted by Gasteiger charge is 2.53. The van der Waals surface area contributed by atoms with Gasteiger partial charge in [-0.2, -0.15) is 5.26 Å². The van der Waals surface area contributed by atoms with E-state index >= 15 is 0 Å². The van der Waals surface area contributed by atoms with Gasteiger partial charge in [0, 0.05) is 6.66 Å². The fraction of sp³-hybridized carbons (Fsp3) is 0.429. The van der Waals surface area contributed by atoms with Gasteiger partial charge in [0.15, 0.2) is 28.6 Å². The first-order chi connectivity index (χ1) is 26.8. The van der Waals surface area contributed by atoms with Crippen molar-refractivity contribution in [3.8, 4) is 17.6 Å². The molecule has 0 radical (unpaired) electrons. The monoisotopic (exact) mass is 797 g/mol. The first-order valence-electron chi connectivity index (χ1n) is 18.7. The molecule has 296 valence electrons. The Morgan fingerprint density at radius 3 is 2.04 bits per heavy atom. The number of benzene rings is 3. The number of imidazole rings is 1. The van der Waals surface area contributed by atoms with E-state index in [9.17, 15) is 5.26 Å². The van der Waals surface area contributed by atoms with Crippen molar-refractivity contribution in [3.63, 3.8) is 0 Å². The lowest BCUT2D eigenvalue weighted by Crippen LogP contribution is -2.50. The number of rotatable bonds is 16. The molecule has 1 aliphatic rings. The van der Waals surface area contributed by atoms with Crippen LogP contribution in [0.1, 0.15) is 55.8 Å². The van der Waals surface area contributed by atoms with Crippen LogP contribution in [0.25, 0.3) is 11.2 Å². The minimum absolute atomic E-state index is 0.111. The van der Waals surface area contributed by atoms with Crippen LogP contribution in [0, 0.1) is 18.3 Å². The number of aryl methyl sites for hydroxylation is 1. The summed E-state index contributed by atoms with van der Waals surface area (Å²) in [5, 5.41) is 9.08. The molecule has 14 heteroatoms. The minimum atomic E-state index is -2.47. The molecular formula is C42H52N5O7PSi. The summed E-state index contributed by atoms with van der Waals surface area (Å²) in [4.78, 5) is 13.7. The second kappa shape index (κ2) is 17.5. The molecule has 5 atom stereocenters. The highest BCUT2D eigenvalue weighted by Crippen LogP contribution is 2.49. The van der Waals surface area contributed by atoms with Crippen LogP contribution in [0.4, 0.5) is 0 Å². The largest absolute Gasteiger partial charge is 0.497 e. The average Bonchev–Trinajstić information content (AvgIpc) is 3.77. The van der Waals surface area contributed by atoms with Gasteiger partial charge in [0.2, 0.25) is 0 Å². The van der Waals surface area contributed by atoms with Crippen LogP contribution in [-0.2, 0) is 28.5 Å². The fourth-order valence-electron chi connectivity index (χ4n) is 6.70. The molecule has 0 saturated carbocycles. The molecule has 6 rings (SSSR count). The number of nitriles is 1. The predicted octanol–water partition coefficient (Wildman–Crippen LogP) is 8.71. The second-order valence-corrected chi connectivity index (χ2v) is 21.4. The Labute approximate surface area is 332 Å². The lowest BCUT2D eigenvalue weighted by Gasteiger charge is -2.41. The molecule has 3 heterocycles. The fourth-order valence-corrected chi connectivity index (χ4v) is 8.99. The van der Waals surface area contributed by atoms with E-state index in [4.69, 9.17) is 32.4 Å². The van der Waals surface area contributed by atoms with Crippen LogP contribution in [-0.4, -0.2) is 80.2 Å². The molecule has 1 fully saturated rings. The second-order valence-electron chi connectivity index (χ2n) is 15.3. The summed E-state index contributed by atoms with van der Waals surface area (Å²) in [6.45, 7) is 15.2. The van der Waals surface area contributed by atoms with Crippen molar-refractivity contribution in [2.75, 3.05) is 34.1 Å². The highest BCUT2D eigenvalue weighted by atomic mass is 31.2. The van der Waals surface area contributed by atoms with Crippen LogP contribution < -0.4 is 9.47 Å². The zero-order valence-electron chi connectivity index (χ0n) is 33.6. The third kappa shape index (κ3) is 8.53. The van der Waals surface area contributed by atoms with Crippen molar-refractivity contribution in [1.82, 2.24) is 19.5 Å². The van der Waals surface area contributed by atoms with Gasteiger partial charge in [0.05, 0.1) is 51.9 Å². The average molecular weight is 798 g/mol. The minimum Gasteiger partial charge on any atom is -0.497 e. The van der Waals surface area contributed by atoms with E-state index in [1.807, 2.05) is 84.9 Å². The van der Waals surface area contributed by atoms with Crippen molar-refractivity contribution in [3.05, 3.63) is 114 Å². The van der Waals surface area contributed by atoms with Gasteiger partial charge in [0.25, 0.3) is 0 Å². The van der Waals surface area contributed by atoms with E-state index in [2.05, 4.69) is 67.0 Å². The molecule has 12 nitrogen and oxygen atoms in total. The molecule has 0 aliphatic carbocycles. The predicted molar refractivity (Wildman–Crippen MR) is 218 cm³/mol. The molecule has 1 unspecified atom stereocenters. The maximum atomic E-state index is 9.21. The normalized spacial score (nSPS) is 19.5. The molecule has 2 aromatic heterocycles. The van der Waals surface area contributed by atoms with Gasteiger partial charge in [0.1, 0.15) is 47.3 Å². The van der Waals surface area contributed by atoms with Crippen LogP contribution >= 0.6 is 8.38 Å². The lowest BCUT2D eigenvalue weighted by molar-refractivity contribution is -0.0926. The molecule has 0 N–H and O–H groups in total. The van der Waals surface area contributed by atoms with Crippen LogP contribution in [0.3, 0.4) is 0 Å². The summed E-state index contributed by atoms with van der Waals surface area (Å²) < 4.78 is 47.8. The van der Waals surface area contributed by atoms with E-state index in [1.54, 1.807) is 20.5 Å². The van der Waals surface area contributed by atoms with E-state index < -0.39 is 46.8 Å². The summed E-state index contributed by atoms with van der Waals surface area (Å²) in [6.07, 6.45) is 0.916. The number of ether oxygens (including phenoxy) is 4. The molecule has 1 aliphatic heterocycles. The van der Waals surface area contributed by atoms with Crippen LogP contribution in [0.2, 0.25) is 18.1 Å². The van der Waals surface area contributed by atoms with Gasteiger partial charge in [-0.25, -0.2) is 15.0 Å². The number of hydrogen-bond acceptors (Lipinski definition) is 11. The van der Waals surface area contributed by atoms with Gasteiger partial charge in [-0.05, 0) is 66.0 Å². The van der Waals surface area contributed by atoms with Crippen molar-refractivity contribution >= 4 is 27.9 Å².